The van der Waals surface area contributed by atoms with Crippen molar-refractivity contribution in [2.75, 3.05) is 6.54 Å². The van der Waals surface area contributed by atoms with E-state index in [0.717, 1.165) is 28.8 Å². The van der Waals surface area contributed by atoms with Gasteiger partial charge < -0.3 is 15.7 Å². The Morgan fingerprint density at radius 3 is 2.77 bits per heavy atom. The van der Waals surface area contributed by atoms with Crippen molar-refractivity contribution in [1.29, 1.82) is 0 Å². The lowest BCUT2D eigenvalue weighted by molar-refractivity contribution is 0.474. The Morgan fingerprint density at radius 2 is 2.14 bits per heavy atom. The number of hydrogen-bond donors (Lipinski definition) is 3. The van der Waals surface area contributed by atoms with Crippen LogP contribution in [-0.4, -0.2) is 22.6 Å². The molecule has 6 heteroatoms. The summed E-state index contributed by atoms with van der Waals surface area (Å²) in [4.78, 5) is 10.2. The minimum absolute atomic E-state index is 0.265. The molecular weight excluding hydrogens is 296 g/mol. The number of thiazole rings is 1. The van der Waals surface area contributed by atoms with Crippen LogP contribution in [0.25, 0.3) is 0 Å². The van der Waals surface area contributed by atoms with E-state index in [-0.39, 0.29) is 5.75 Å². The summed E-state index contributed by atoms with van der Waals surface area (Å²) in [5.74, 6) is 1.03. The number of aromatic nitrogens is 1. The third kappa shape index (κ3) is 4.73. The number of nitrogens with zero attached hydrogens (tertiary/aromatic N) is 2. The lowest BCUT2D eigenvalue weighted by Gasteiger charge is -2.10. The summed E-state index contributed by atoms with van der Waals surface area (Å²) < 4.78 is 0. The van der Waals surface area contributed by atoms with Gasteiger partial charge >= 0.3 is 0 Å². The van der Waals surface area contributed by atoms with Crippen LogP contribution in [-0.2, 0) is 13.1 Å². The highest BCUT2D eigenvalue weighted by atomic mass is 32.1. The molecule has 0 saturated heterocycles. The lowest BCUT2D eigenvalue weighted by atomic mass is 10.2. The van der Waals surface area contributed by atoms with Gasteiger partial charge in [-0.1, -0.05) is 12.1 Å². The highest BCUT2D eigenvalue weighted by Gasteiger charge is 2.05. The molecule has 1 aromatic heterocycles. The quantitative estimate of drug-likeness (QED) is 0.586. The third-order valence-corrected chi connectivity index (χ3v) is 4.16. The van der Waals surface area contributed by atoms with Crippen LogP contribution in [0.4, 0.5) is 0 Å². The summed E-state index contributed by atoms with van der Waals surface area (Å²) in [7, 11) is 0. The molecule has 2 aromatic rings. The molecule has 0 unspecified atom stereocenters. The minimum atomic E-state index is 0.265. The van der Waals surface area contributed by atoms with Gasteiger partial charge in [-0.15, -0.1) is 11.3 Å². The van der Waals surface area contributed by atoms with Crippen molar-refractivity contribution in [2.24, 2.45) is 4.99 Å². The first-order valence-corrected chi connectivity index (χ1v) is 8.13. The molecule has 0 bridgehead atoms. The number of phenolic OH excluding ortho intramolecular Hbond substituents is 1. The standard InChI is InChI=1S/C16H22N4OS/c1-4-17-16(18-9-13-6-5-7-14(21)8-13)19-10-15-11(2)20-12(3)22-15/h5-8,21H,4,9-10H2,1-3H3,(H2,17,18,19). The molecule has 1 aromatic carbocycles. The van der Waals surface area contributed by atoms with E-state index in [9.17, 15) is 5.11 Å². The topological polar surface area (TPSA) is 69.5 Å². The van der Waals surface area contributed by atoms with E-state index in [1.165, 1.54) is 4.88 Å². The molecule has 5 nitrogen and oxygen atoms in total. The van der Waals surface area contributed by atoms with Gasteiger partial charge in [-0.25, -0.2) is 9.98 Å². The molecule has 0 fully saturated rings. The molecule has 1 heterocycles. The molecule has 0 aliphatic rings. The van der Waals surface area contributed by atoms with Crippen LogP contribution in [0.2, 0.25) is 0 Å². The van der Waals surface area contributed by atoms with Crippen LogP contribution in [0.15, 0.2) is 29.3 Å². The van der Waals surface area contributed by atoms with Crippen molar-refractivity contribution in [3.8, 4) is 5.75 Å². The Kier molecular flexibility index (Phi) is 5.77. The molecular formula is C16H22N4OS. The fourth-order valence-electron chi connectivity index (χ4n) is 2.07. The Bertz CT molecular complexity index is 651. The van der Waals surface area contributed by atoms with E-state index >= 15 is 0 Å². The Hall–Kier alpha value is -2.08. The molecule has 0 radical (unpaired) electrons. The number of aryl methyl sites for hydroxylation is 2. The predicted octanol–water partition coefficient (Wildman–Crippen LogP) is 2.72. The van der Waals surface area contributed by atoms with Gasteiger partial charge in [0.05, 0.1) is 23.8 Å². The maximum Gasteiger partial charge on any atom is 0.191 e. The summed E-state index contributed by atoms with van der Waals surface area (Å²) in [6.07, 6.45) is 0. The normalized spacial score (nSPS) is 11.5. The Morgan fingerprint density at radius 1 is 1.32 bits per heavy atom. The maximum absolute atomic E-state index is 9.48. The molecule has 3 N–H and O–H groups in total. The Balaban J connectivity index is 1.99. The first-order valence-electron chi connectivity index (χ1n) is 7.31. The second-order valence-electron chi connectivity index (χ2n) is 4.96. The van der Waals surface area contributed by atoms with Crippen LogP contribution < -0.4 is 10.6 Å². The maximum atomic E-state index is 9.48. The van der Waals surface area contributed by atoms with E-state index in [0.29, 0.717) is 13.1 Å². The second kappa shape index (κ2) is 7.79. The van der Waals surface area contributed by atoms with E-state index in [2.05, 4.69) is 20.6 Å². The van der Waals surface area contributed by atoms with Gasteiger partial charge in [-0.3, -0.25) is 0 Å². The highest BCUT2D eigenvalue weighted by Crippen LogP contribution is 2.16. The monoisotopic (exact) mass is 318 g/mol. The van der Waals surface area contributed by atoms with Gasteiger partial charge in [-0.05, 0) is 38.5 Å². The molecule has 0 aliphatic heterocycles. The number of rotatable bonds is 5. The van der Waals surface area contributed by atoms with Crippen molar-refractivity contribution < 1.29 is 5.11 Å². The van der Waals surface area contributed by atoms with Gasteiger partial charge in [0.25, 0.3) is 0 Å². The van der Waals surface area contributed by atoms with E-state index in [1.807, 2.05) is 32.9 Å². The number of guanidine groups is 1. The van der Waals surface area contributed by atoms with Crippen molar-refractivity contribution in [1.82, 2.24) is 15.6 Å². The van der Waals surface area contributed by atoms with Gasteiger partial charge in [0.2, 0.25) is 0 Å². The summed E-state index contributed by atoms with van der Waals surface area (Å²) >= 11 is 1.70. The van der Waals surface area contributed by atoms with E-state index < -0.39 is 0 Å². The van der Waals surface area contributed by atoms with Crippen LogP contribution in [0, 0.1) is 13.8 Å². The van der Waals surface area contributed by atoms with Crippen molar-refractivity contribution in [3.63, 3.8) is 0 Å². The van der Waals surface area contributed by atoms with Crippen molar-refractivity contribution in [2.45, 2.75) is 33.9 Å². The van der Waals surface area contributed by atoms with Gasteiger partial charge in [0, 0.05) is 11.4 Å². The highest BCUT2D eigenvalue weighted by molar-refractivity contribution is 7.11. The SMILES string of the molecule is CCNC(=NCc1cccc(O)c1)NCc1sc(C)nc1C. The number of nitrogens with one attached hydrogen (secondary N) is 2. The molecule has 2 rings (SSSR count). The molecule has 0 atom stereocenters. The van der Waals surface area contributed by atoms with Gasteiger partial charge in [0.15, 0.2) is 5.96 Å². The summed E-state index contributed by atoms with van der Waals surface area (Å²) in [6.45, 7) is 8.10. The second-order valence-corrected chi connectivity index (χ2v) is 6.25. The van der Waals surface area contributed by atoms with E-state index in [4.69, 9.17) is 0 Å². The number of aliphatic imine (C=N–C) groups is 1. The molecule has 22 heavy (non-hydrogen) atoms. The van der Waals surface area contributed by atoms with Crippen molar-refractivity contribution >= 4 is 17.3 Å². The summed E-state index contributed by atoms with van der Waals surface area (Å²) in [6, 6.07) is 7.16. The minimum Gasteiger partial charge on any atom is -0.508 e. The zero-order chi connectivity index (χ0) is 15.9. The zero-order valence-electron chi connectivity index (χ0n) is 13.2. The predicted molar refractivity (Wildman–Crippen MR) is 91.4 cm³/mol. The van der Waals surface area contributed by atoms with Gasteiger partial charge in [0.1, 0.15) is 5.75 Å². The summed E-state index contributed by atoms with van der Waals surface area (Å²) in [5, 5.41) is 17.1. The number of aromatic hydroxyl groups is 1. The summed E-state index contributed by atoms with van der Waals surface area (Å²) in [5.41, 5.74) is 2.04. The first kappa shape index (κ1) is 16.3. The van der Waals surface area contributed by atoms with Gasteiger partial charge in [-0.2, -0.15) is 0 Å². The van der Waals surface area contributed by atoms with E-state index in [1.54, 1.807) is 23.5 Å². The average molecular weight is 318 g/mol. The van der Waals surface area contributed by atoms with Crippen LogP contribution in [0.1, 0.15) is 28.1 Å². The average Bonchev–Trinajstić information content (AvgIpc) is 2.80. The van der Waals surface area contributed by atoms with Crippen molar-refractivity contribution in [3.05, 3.63) is 45.4 Å². The fourth-order valence-corrected chi connectivity index (χ4v) is 2.95. The third-order valence-electron chi connectivity index (χ3n) is 3.09. The fraction of sp³-hybridized carbons (Fsp3) is 0.375. The first-order chi connectivity index (χ1) is 10.6. The Labute approximate surface area is 135 Å². The largest absolute Gasteiger partial charge is 0.508 e. The number of benzene rings is 1. The van der Waals surface area contributed by atoms with Crippen LogP contribution in [0.3, 0.4) is 0 Å². The van der Waals surface area contributed by atoms with Crippen LogP contribution >= 0.6 is 11.3 Å². The molecule has 0 saturated carbocycles. The number of phenols is 1. The molecule has 0 amide bonds. The zero-order valence-corrected chi connectivity index (χ0v) is 14.0. The molecule has 0 spiro atoms. The smallest absolute Gasteiger partial charge is 0.191 e. The molecule has 0 aliphatic carbocycles. The lowest BCUT2D eigenvalue weighted by Crippen LogP contribution is -2.36. The number of hydrogen-bond acceptors (Lipinski definition) is 4. The van der Waals surface area contributed by atoms with Crippen LogP contribution in [0.5, 0.6) is 5.75 Å². The molecule has 118 valence electrons.